The average molecular weight is 469 g/mol. The maximum Gasteiger partial charge on any atom is 0.472 e. The van der Waals surface area contributed by atoms with Crippen LogP contribution in [0.2, 0.25) is 0 Å². The van der Waals surface area contributed by atoms with Crippen molar-refractivity contribution in [1.29, 1.82) is 0 Å². The molecule has 1 unspecified atom stereocenters. The lowest BCUT2D eigenvalue weighted by atomic mass is 10.1. The highest BCUT2D eigenvalue weighted by molar-refractivity contribution is 7.47. The number of nitrogens with zero attached hydrogens (tertiary/aromatic N) is 1. The highest BCUT2D eigenvalue weighted by Gasteiger charge is 2.26. The molecule has 0 aromatic carbocycles. The standard InChI is InChI=1S/C21H42NO8P/c1-6-8-9-10-11-12-13-14-21(24)30-19(17-27-20(23)7-2)18-29-31(25,26)28-16-15-22(3,4)5/h19H,6-18H2,1-5H3/p+1/t19-/m1/s1. The highest BCUT2D eigenvalue weighted by Crippen LogP contribution is 2.43. The number of ether oxygens (including phenoxy) is 2. The van der Waals surface area contributed by atoms with E-state index in [2.05, 4.69) is 6.92 Å². The summed E-state index contributed by atoms with van der Waals surface area (Å²) in [5.74, 6) is -0.909. The fourth-order valence-corrected chi connectivity index (χ4v) is 3.26. The molecule has 31 heavy (non-hydrogen) atoms. The maximum absolute atomic E-state index is 12.1. The number of esters is 2. The Balaban J connectivity index is 4.45. The summed E-state index contributed by atoms with van der Waals surface area (Å²) in [5, 5.41) is 0. The molecule has 0 aliphatic heterocycles. The van der Waals surface area contributed by atoms with E-state index >= 15 is 0 Å². The Morgan fingerprint density at radius 1 is 0.903 bits per heavy atom. The zero-order chi connectivity index (χ0) is 23.8. The van der Waals surface area contributed by atoms with Gasteiger partial charge in [-0.3, -0.25) is 18.6 Å². The van der Waals surface area contributed by atoms with E-state index in [9.17, 15) is 19.0 Å². The molecule has 0 radical (unpaired) electrons. The molecule has 0 saturated carbocycles. The molecule has 0 aliphatic carbocycles. The van der Waals surface area contributed by atoms with Crippen LogP contribution in [0.25, 0.3) is 0 Å². The first-order valence-electron chi connectivity index (χ1n) is 11.3. The predicted octanol–water partition coefficient (Wildman–Crippen LogP) is 3.83. The molecule has 0 spiro atoms. The molecular formula is C21H43NO8P+. The van der Waals surface area contributed by atoms with Crippen LogP contribution in [0.4, 0.5) is 0 Å². The van der Waals surface area contributed by atoms with Crippen molar-refractivity contribution in [1.82, 2.24) is 0 Å². The Morgan fingerprint density at radius 3 is 2.10 bits per heavy atom. The van der Waals surface area contributed by atoms with Crippen LogP contribution >= 0.6 is 7.82 Å². The third kappa shape index (κ3) is 19.4. The van der Waals surface area contributed by atoms with Gasteiger partial charge in [-0.05, 0) is 6.42 Å². The molecule has 0 aliphatic rings. The van der Waals surface area contributed by atoms with Gasteiger partial charge in [0.1, 0.15) is 19.8 Å². The number of carbonyl (C=O) groups excluding carboxylic acids is 2. The fraction of sp³-hybridized carbons (Fsp3) is 0.905. The molecule has 0 rings (SSSR count). The summed E-state index contributed by atoms with van der Waals surface area (Å²) in [5.41, 5.74) is 0. The molecular weight excluding hydrogens is 425 g/mol. The van der Waals surface area contributed by atoms with Crippen LogP contribution in [-0.4, -0.2) is 74.9 Å². The fourth-order valence-electron chi connectivity index (χ4n) is 2.52. The van der Waals surface area contributed by atoms with Gasteiger partial charge in [0.05, 0.1) is 27.7 Å². The number of carbonyl (C=O) groups is 2. The first kappa shape index (κ1) is 30.0. The molecule has 184 valence electrons. The SMILES string of the molecule is CCCCCCCCCC(=O)O[C@H](COC(=O)CC)COP(=O)(O)OCC[N+](C)(C)C. The molecule has 0 aromatic heterocycles. The van der Waals surface area contributed by atoms with Gasteiger partial charge in [0.2, 0.25) is 0 Å². The lowest BCUT2D eigenvalue weighted by Crippen LogP contribution is -2.37. The van der Waals surface area contributed by atoms with Crippen molar-refractivity contribution in [2.75, 3.05) is 47.5 Å². The van der Waals surface area contributed by atoms with Gasteiger partial charge < -0.3 is 18.9 Å². The van der Waals surface area contributed by atoms with E-state index in [1.54, 1.807) is 6.92 Å². The minimum atomic E-state index is -4.31. The molecule has 0 saturated heterocycles. The second-order valence-corrected chi connectivity index (χ2v) is 10.1. The number of quaternary nitrogens is 1. The highest BCUT2D eigenvalue weighted by atomic mass is 31.2. The van der Waals surface area contributed by atoms with Crippen LogP contribution in [-0.2, 0) is 32.7 Å². The number of likely N-dealkylation sites (N-methyl/N-ethyl adjacent to an activating group) is 1. The maximum atomic E-state index is 12.1. The second kappa shape index (κ2) is 16.6. The van der Waals surface area contributed by atoms with Crippen molar-refractivity contribution in [3.63, 3.8) is 0 Å². The van der Waals surface area contributed by atoms with Gasteiger partial charge in [0.15, 0.2) is 6.10 Å². The van der Waals surface area contributed by atoms with Crippen LogP contribution in [0, 0.1) is 0 Å². The van der Waals surface area contributed by atoms with E-state index in [-0.39, 0.29) is 26.1 Å². The van der Waals surface area contributed by atoms with E-state index < -0.39 is 32.5 Å². The number of unbranched alkanes of at least 4 members (excludes halogenated alkanes) is 6. The summed E-state index contributed by atoms with van der Waals surface area (Å²) in [6.07, 6.45) is 6.95. The van der Waals surface area contributed by atoms with E-state index in [1.807, 2.05) is 21.1 Å². The Labute approximate surface area is 187 Å². The van der Waals surface area contributed by atoms with Gasteiger partial charge in [0, 0.05) is 12.8 Å². The summed E-state index contributed by atoms with van der Waals surface area (Å²) in [7, 11) is 1.47. The Hall–Kier alpha value is -0.990. The number of hydrogen-bond donors (Lipinski definition) is 1. The molecule has 0 aromatic rings. The van der Waals surface area contributed by atoms with Crippen molar-refractivity contribution in [2.24, 2.45) is 0 Å². The summed E-state index contributed by atoms with van der Waals surface area (Å²) < 4.78 is 32.9. The quantitative estimate of drug-likeness (QED) is 0.132. The normalized spacial score (nSPS) is 14.6. The van der Waals surface area contributed by atoms with Gasteiger partial charge in [0.25, 0.3) is 0 Å². The Kier molecular flexibility index (Phi) is 16.1. The molecule has 2 atom stereocenters. The van der Waals surface area contributed by atoms with Crippen molar-refractivity contribution >= 4 is 19.8 Å². The molecule has 1 N–H and O–H groups in total. The Bertz CT molecular complexity index is 550. The van der Waals surface area contributed by atoms with Crippen molar-refractivity contribution < 1.29 is 42.1 Å². The van der Waals surface area contributed by atoms with Crippen LogP contribution in [0.1, 0.15) is 71.6 Å². The second-order valence-electron chi connectivity index (χ2n) is 8.63. The topological polar surface area (TPSA) is 108 Å². The minimum Gasteiger partial charge on any atom is -0.462 e. The number of hydrogen-bond acceptors (Lipinski definition) is 7. The zero-order valence-corrected chi connectivity index (χ0v) is 20.9. The van der Waals surface area contributed by atoms with E-state index in [4.69, 9.17) is 18.5 Å². The van der Waals surface area contributed by atoms with Gasteiger partial charge in [-0.1, -0.05) is 52.4 Å². The molecule has 9 nitrogen and oxygen atoms in total. The first-order chi connectivity index (χ1) is 14.5. The van der Waals surface area contributed by atoms with Crippen molar-refractivity contribution in [2.45, 2.75) is 77.7 Å². The largest absolute Gasteiger partial charge is 0.472 e. The Morgan fingerprint density at radius 2 is 1.52 bits per heavy atom. The molecule has 10 heteroatoms. The molecule has 0 amide bonds. The summed E-state index contributed by atoms with van der Waals surface area (Å²) >= 11 is 0. The van der Waals surface area contributed by atoms with Gasteiger partial charge in [-0.25, -0.2) is 4.57 Å². The third-order valence-corrected chi connectivity index (χ3v) is 5.43. The minimum absolute atomic E-state index is 0.0325. The van der Waals surface area contributed by atoms with E-state index in [0.717, 1.165) is 19.3 Å². The summed E-state index contributed by atoms with van der Waals surface area (Å²) in [6.45, 7) is 3.71. The monoisotopic (exact) mass is 468 g/mol. The molecule has 0 heterocycles. The lowest BCUT2D eigenvalue weighted by molar-refractivity contribution is -0.870. The number of phosphoric acid groups is 1. The van der Waals surface area contributed by atoms with Crippen LogP contribution in [0.15, 0.2) is 0 Å². The zero-order valence-electron chi connectivity index (χ0n) is 20.0. The van der Waals surface area contributed by atoms with Crippen LogP contribution < -0.4 is 0 Å². The smallest absolute Gasteiger partial charge is 0.462 e. The third-order valence-electron chi connectivity index (χ3n) is 4.44. The van der Waals surface area contributed by atoms with E-state index in [0.29, 0.717) is 17.4 Å². The lowest BCUT2D eigenvalue weighted by Gasteiger charge is -2.24. The number of rotatable bonds is 19. The van der Waals surface area contributed by atoms with Gasteiger partial charge in [-0.2, -0.15) is 0 Å². The van der Waals surface area contributed by atoms with Gasteiger partial charge in [-0.15, -0.1) is 0 Å². The van der Waals surface area contributed by atoms with E-state index in [1.165, 1.54) is 19.3 Å². The van der Waals surface area contributed by atoms with Gasteiger partial charge >= 0.3 is 19.8 Å². The summed E-state index contributed by atoms with van der Waals surface area (Å²) in [6, 6.07) is 0. The average Bonchev–Trinajstić information content (AvgIpc) is 2.67. The first-order valence-corrected chi connectivity index (χ1v) is 12.8. The van der Waals surface area contributed by atoms with Crippen molar-refractivity contribution in [3.05, 3.63) is 0 Å². The van der Waals surface area contributed by atoms with Crippen LogP contribution in [0.3, 0.4) is 0 Å². The summed E-state index contributed by atoms with van der Waals surface area (Å²) in [4.78, 5) is 33.4. The number of phosphoric ester groups is 1. The van der Waals surface area contributed by atoms with Crippen molar-refractivity contribution in [3.8, 4) is 0 Å². The molecule has 0 bridgehead atoms. The predicted molar refractivity (Wildman–Crippen MR) is 118 cm³/mol. The molecule has 0 fully saturated rings. The van der Waals surface area contributed by atoms with Crippen LogP contribution in [0.5, 0.6) is 0 Å².